The van der Waals surface area contributed by atoms with Crippen molar-refractivity contribution in [2.45, 2.75) is 0 Å². The molecule has 5 nitrogen and oxygen atoms in total. The van der Waals surface area contributed by atoms with Gasteiger partial charge in [0.1, 0.15) is 0 Å². The Balaban J connectivity index is 2.17. The lowest BCUT2D eigenvalue weighted by atomic mass is 10.3. The third-order valence-electron chi connectivity index (χ3n) is 2.96. The van der Waals surface area contributed by atoms with Gasteiger partial charge in [0.25, 0.3) is 0 Å². The van der Waals surface area contributed by atoms with Gasteiger partial charge < -0.3 is 0 Å². The van der Waals surface area contributed by atoms with Crippen LogP contribution in [0.1, 0.15) is 0 Å². The molecule has 0 unspecified atom stereocenters. The van der Waals surface area contributed by atoms with Crippen molar-refractivity contribution in [1.29, 1.82) is 0 Å². The highest BCUT2D eigenvalue weighted by atomic mass is 35.5. The van der Waals surface area contributed by atoms with E-state index < -0.39 is 11.4 Å². The van der Waals surface area contributed by atoms with Gasteiger partial charge in [-0.3, -0.25) is 0 Å². The Labute approximate surface area is 129 Å². The monoisotopic (exact) mass is 321 g/mol. The zero-order valence-corrected chi connectivity index (χ0v) is 12.1. The maximum absolute atomic E-state index is 12.4. The summed E-state index contributed by atoms with van der Waals surface area (Å²) in [5.74, 6) is 0. The molecule has 0 saturated carbocycles. The van der Waals surface area contributed by atoms with Crippen molar-refractivity contribution in [3.63, 3.8) is 0 Å². The molecule has 7 heteroatoms. The summed E-state index contributed by atoms with van der Waals surface area (Å²) in [6.07, 6.45) is 0. The van der Waals surface area contributed by atoms with Crippen LogP contribution in [0.3, 0.4) is 0 Å². The summed E-state index contributed by atoms with van der Waals surface area (Å²) in [5, 5.41) is 3.57. The predicted molar refractivity (Wildman–Crippen MR) is 82.0 cm³/mol. The summed E-state index contributed by atoms with van der Waals surface area (Å²) in [5.41, 5.74) is -0.0607. The molecule has 0 radical (unpaired) electrons. The quantitative estimate of drug-likeness (QED) is 0.788. The molecule has 1 aromatic heterocycles. The SMILES string of the molecule is O=c1[nH]n(-c2ccc(Cl)cc2)c(=O)n1-c1ccc(Cl)cc1. The second kappa shape index (κ2) is 5.27. The van der Waals surface area contributed by atoms with Gasteiger partial charge in [-0.25, -0.2) is 23.9 Å². The van der Waals surface area contributed by atoms with Crippen molar-refractivity contribution in [2.75, 3.05) is 0 Å². The van der Waals surface area contributed by atoms with E-state index in [0.29, 0.717) is 21.4 Å². The first-order chi connectivity index (χ1) is 10.1. The van der Waals surface area contributed by atoms with E-state index in [9.17, 15) is 9.59 Å². The van der Waals surface area contributed by atoms with Gasteiger partial charge in [-0.15, -0.1) is 0 Å². The number of nitrogens with zero attached hydrogens (tertiary/aromatic N) is 2. The fourth-order valence-electron chi connectivity index (χ4n) is 1.96. The fourth-order valence-corrected chi connectivity index (χ4v) is 2.22. The number of halogens is 2. The molecule has 0 amide bonds. The molecule has 2 aromatic carbocycles. The Kier molecular flexibility index (Phi) is 3.45. The van der Waals surface area contributed by atoms with Gasteiger partial charge in [0.15, 0.2) is 0 Å². The molecule has 3 aromatic rings. The smallest absolute Gasteiger partial charge is 0.246 e. The van der Waals surface area contributed by atoms with Crippen molar-refractivity contribution in [2.24, 2.45) is 0 Å². The summed E-state index contributed by atoms with van der Waals surface area (Å²) in [7, 11) is 0. The molecule has 1 N–H and O–H groups in total. The normalized spacial score (nSPS) is 10.8. The number of aromatic nitrogens is 3. The van der Waals surface area contributed by atoms with Gasteiger partial charge in [0.2, 0.25) is 0 Å². The molecule has 0 aliphatic carbocycles. The third-order valence-corrected chi connectivity index (χ3v) is 3.47. The Morgan fingerprint density at radius 2 is 1.24 bits per heavy atom. The van der Waals surface area contributed by atoms with Gasteiger partial charge >= 0.3 is 11.4 Å². The van der Waals surface area contributed by atoms with Crippen molar-refractivity contribution < 1.29 is 0 Å². The average Bonchev–Trinajstić information content (AvgIpc) is 2.76. The molecule has 106 valence electrons. The van der Waals surface area contributed by atoms with E-state index in [4.69, 9.17) is 23.2 Å². The standard InChI is InChI=1S/C14H9Cl2N3O2/c15-9-1-5-11(6-2-9)18-13(20)17-19(14(18)21)12-7-3-10(16)4-8-12/h1-8H,(H,17,20). The fraction of sp³-hybridized carbons (Fsp3) is 0. The van der Waals surface area contributed by atoms with Crippen LogP contribution in [0.25, 0.3) is 11.4 Å². The van der Waals surface area contributed by atoms with Crippen LogP contribution in [0.5, 0.6) is 0 Å². The molecule has 0 atom stereocenters. The van der Waals surface area contributed by atoms with E-state index in [0.717, 1.165) is 9.25 Å². The van der Waals surface area contributed by atoms with E-state index in [1.807, 2.05) is 0 Å². The first-order valence-corrected chi connectivity index (χ1v) is 6.78. The number of aromatic amines is 1. The maximum Gasteiger partial charge on any atom is 0.356 e. The molecule has 0 saturated heterocycles. The lowest BCUT2D eigenvalue weighted by Crippen LogP contribution is -2.26. The number of rotatable bonds is 2. The highest BCUT2D eigenvalue weighted by molar-refractivity contribution is 6.30. The van der Waals surface area contributed by atoms with Crippen LogP contribution in [0.4, 0.5) is 0 Å². The molecule has 21 heavy (non-hydrogen) atoms. The molecule has 0 aliphatic rings. The summed E-state index contributed by atoms with van der Waals surface area (Å²) >= 11 is 11.6. The first kappa shape index (κ1) is 13.7. The van der Waals surface area contributed by atoms with Crippen LogP contribution in [0.2, 0.25) is 10.0 Å². The highest BCUT2D eigenvalue weighted by Crippen LogP contribution is 2.12. The Morgan fingerprint density at radius 1 is 0.762 bits per heavy atom. The van der Waals surface area contributed by atoms with Gasteiger partial charge in [-0.05, 0) is 48.5 Å². The lowest BCUT2D eigenvalue weighted by molar-refractivity contribution is 0.827. The molecule has 0 aliphatic heterocycles. The van der Waals surface area contributed by atoms with Gasteiger partial charge in [0, 0.05) is 10.0 Å². The van der Waals surface area contributed by atoms with Gasteiger partial charge in [-0.1, -0.05) is 23.2 Å². The van der Waals surface area contributed by atoms with Crippen LogP contribution < -0.4 is 11.4 Å². The van der Waals surface area contributed by atoms with E-state index >= 15 is 0 Å². The zero-order chi connectivity index (χ0) is 15.0. The minimum atomic E-state index is -0.530. The van der Waals surface area contributed by atoms with Crippen LogP contribution in [-0.2, 0) is 0 Å². The van der Waals surface area contributed by atoms with Crippen molar-refractivity contribution in [3.8, 4) is 11.4 Å². The summed E-state index contributed by atoms with van der Waals surface area (Å²) in [6, 6.07) is 13.0. The van der Waals surface area contributed by atoms with E-state index in [-0.39, 0.29) is 0 Å². The summed E-state index contributed by atoms with van der Waals surface area (Å²) in [4.78, 5) is 24.4. The van der Waals surface area contributed by atoms with Crippen LogP contribution in [0, 0.1) is 0 Å². The summed E-state index contributed by atoms with van der Waals surface area (Å²) in [6.45, 7) is 0. The zero-order valence-electron chi connectivity index (χ0n) is 10.6. The molecule has 1 heterocycles. The molecule has 0 bridgehead atoms. The highest BCUT2D eigenvalue weighted by Gasteiger charge is 2.12. The molecular weight excluding hydrogens is 313 g/mol. The molecule has 0 spiro atoms. The maximum atomic E-state index is 12.4. The van der Waals surface area contributed by atoms with Crippen molar-refractivity contribution in [1.82, 2.24) is 14.3 Å². The van der Waals surface area contributed by atoms with Crippen LogP contribution in [0.15, 0.2) is 58.1 Å². The number of H-pyrrole nitrogens is 1. The second-order valence-corrected chi connectivity index (χ2v) is 5.20. The van der Waals surface area contributed by atoms with E-state index in [2.05, 4.69) is 5.10 Å². The van der Waals surface area contributed by atoms with Crippen molar-refractivity contribution in [3.05, 3.63) is 79.5 Å². The Bertz CT molecular complexity index is 890. The number of benzene rings is 2. The molecule has 3 rings (SSSR count). The minimum Gasteiger partial charge on any atom is -0.246 e. The predicted octanol–water partition coefficient (Wildman–Crippen LogP) is 2.62. The van der Waals surface area contributed by atoms with E-state index in [1.54, 1.807) is 48.5 Å². The molecular formula is C14H9Cl2N3O2. The number of nitrogens with one attached hydrogen (secondary N) is 1. The second-order valence-electron chi connectivity index (χ2n) is 4.32. The number of hydrogen-bond donors (Lipinski definition) is 1. The van der Waals surface area contributed by atoms with Crippen LogP contribution in [-0.4, -0.2) is 14.3 Å². The largest absolute Gasteiger partial charge is 0.356 e. The topological polar surface area (TPSA) is 59.8 Å². The van der Waals surface area contributed by atoms with Crippen LogP contribution >= 0.6 is 23.2 Å². The summed E-state index contributed by atoms with van der Waals surface area (Å²) < 4.78 is 2.19. The Morgan fingerprint density at radius 3 is 1.76 bits per heavy atom. The van der Waals surface area contributed by atoms with Crippen molar-refractivity contribution >= 4 is 23.2 Å². The Hall–Kier alpha value is -2.24. The van der Waals surface area contributed by atoms with Gasteiger partial charge in [-0.2, -0.15) is 0 Å². The number of hydrogen-bond acceptors (Lipinski definition) is 2. The third kappa shape index (κ3) is 2.53. The lowest BCUT2D eigenvalue weighted by Gasteiger charge is -2.01. The minimum absolute atomic E-state index is 0.443. The van der Waals surface area contributed by atoms with E-state index in [1.165, 1.54) is 0 Å². The molecule has 0 fully saturated rings. The average molecular weight is 322 g/mol. The van der Waals surface area contributed by atoms with Gasteiger partial charge in [0.05, 0.1) is 11.4 Å². The first-order valence-electron chi connectivity index (χ1n) is 6.02.